The van der Waals surface area contributed by atoms with Crippen molar-refractivity contribution in [3.8, 4) is 0 Å². The largest absolute Gasteiger partial charge is 0.316 e. The third-order valence-corrected chi connectivity index (χ3v) is 5.45. The molecule has 0 amide bonds. The zero-order valence-corrected chi connectivity index (χ0v) is 16.3. The smallest absolute Gasteiger partial charge is 0.282 e. The number of hydrogen-bond donors (Lipinski definition) is 2. The van der Waals surface area contributed by atoms with Gasteiger partial charge in [-0.05, 0) is 35.7 Å². The highest BCUT2D eigenvalue weighted by molar-refractivity contribution is 7.86. The van der Waals surface area contributed by atoms with Crippen LogP contribution in [0.15, 0.2) is 80.9 Å². The van der Waals surface area contributed by atoms with Crippen LogP contribution in [0.4, 0.5) is 5.69 Å². The highest BCUT2D eigenvalue weighted by Crippen LogP contribution is 2.25. The average molecular weight is 443 g/mol. The molecule has 0 unspecified atom stereocenters. The summed E-state index contributed by atoms with van der Waals surface area (Å²) >= 11 is 0. The van der Waals surface area contributed by atoms with Crippen LogP contribution in [0.5, 0.6) is 0 Å². The van der Waals surface area contributed by atoms with Crippen molar-refractivity contribution in [3.05, 3.63) is 66.7 Å². The molecule has 0 saturated carbocycles. The minimum absolute atomic E-state index is 0.0233. The van der Waals surface area contributed by atoms with Crippen LogP contribution < -0.4 is 0 Å². The van der Waals surface area contributed by atoms with Gasteiger partial charge in [0.25, 0.3) is 20.2 Å². The average Bonchev–Trinajstić information content (AvgIpc) is 2.60. The molecule has 0 radical (unpaired) electrons. The first kappa shape index (κ1) is 21.7. The maximum absolute atomic E-state index is 11.2. The van der Waals surface area contributed by atoms with Gasteiger partial charge in [-0.2, -0.15) is 25.3 Å². The molecule has 28 heavy (non-hydrogen) atoms. The molecule has 0 aromatic heterocycles. The van der Waals surface area contributed by atoms with Crippen LogP contribution in [0.25, 0.3) is 10.8 Å². The molecule has 3 rings (SSSR count). The summed E-state index contributed by atoms with van der Waals surface area (Å²) in [6.07, 6.45) is 0. The predicted octanol–water partition coefficient (Wildman–Crippen LogP) is 2.71. The number of fused-ring (bicyclic) bond motifs is 1. The van der Waals surface area contributed by atoms with Crippen molar-refractivity contribution in [1.82, 2.24) is 0 Å². The van der Waals surface area contributed by atoms with Gasteiger partial charge < -0.3 is 0 Å². The molecule has 0 spiro atoms. The van der Waals surface area contributed by atoms with E-state index < -0.39 is 40.5 Å². The lowest BCUT2D eigenvalue weighted by Crippen LogP contribution is -2.01. The van der Waals surface area contributed by atoms with Crippen molar-refractivity contribution in [2.24, 2.45) is 4.36 Å². The Morgan fingerprint density at radius 2 is 1.39 bits per heavy atom. The molecule has 3 aromatic carbocycles. The second-order valence-electron chi connectivity index (χ2n) is 5.23. The highest BCUT2D eigenvalue weighted by atomic mass is 32.2. The number of hydrogen-bond acceptors (Lipinski definition) is 7. The Morgan fingerprint density at radius 1 is 0.750 bits per heavy atom. The molecular weight excluding hydrogens is 430 g/mol. The van der Waals surface area contributed by atoms with E-state index in [4.69, 9.17) is 9.11 Å². The fourth-order valence-corrected chi connectivity index (χ4v) is 3.69. The van der Waals surface area contributed by atoms with E-state index in [0.717, 1.165) is 18.2 Å². The summed E-state index contributed by atoms with van der Waals surface area (Å²) < 4.78 is 85.5. The lowest BCUT2D eigenvalue weighted by Gasteiger charge is -2.05. The van der Waals surface area contributed by atoms with Gasteiger partial charge in [0, 0.05) is 5.39 Å². The fraction of sp³-hybridized carbons (Fsp3) is 0. The molecule has 0 aliphatic rings. The minimum atomic E-state index is -4.47. The topological polar surface area (TPSA) is 155 Å². The minimum Gasteiger partial charge on any atom is -0.282 e. The maximum atomic E-state index is 11.2. The van der Waals surface area contributed by atoms with Gasteiger partial charge in [0.2, 0.25) is 0 Å². The van der Waals surface area contributed by atoms with Crippen LogP contribution in [0, 0.1) is 0 Å². The van der Waals surface area contributed by atoms with Gasteiger partial charge in [-0.3, -0.25) is 9.11 Å². The second kappa shape index (κ2) is 8.58. The van der Waals surface area contributed by atoms with E-state index in [9.17, 15) is 25.3 Å². The Balaban J connectivity index is 0.000000237. The Morgan fingerprint density at radius 3 is 1.93 bits per heavy atom. The van der Waals surface area contributed by atoms with E-state index in [0.29, 0.717) is 11.1 Å². The van der Waals surface area contributed by atoms with E-state index in [1.165, 1.54) is 12.1 Å². The van der Waals surface area contributed by atoms with Gasteiger partial charge >= 0.3 is 10.5 Å². The first-order valence-corrected chi connectivity index (χ1v) is 11.2. The van der Waals surface area contributed by atoms with E-state index in [1.807, 2.05) is 0 Å². The van der Waals surface area contributed by atoms with Gasteiger partial charge in [0.15, 0.2) is 0 Å². The normalized spacial score (nSPS) is 11.4. The summed E-state index contributed by atoms with van der Waals surface area (Å²) in [6, 6.07) is 16.1. The summed E-state index contributed by atoms with van der Waals surface area (Å²) in [4.78, 5) is -0.850. The van der Waals surface area contributed by atoms with Crippen LogP contribution in [-0.2, 0) is 30.7 Å². The summed E-state index contributed by atoms with van der Waals surface area (Å²) in [7, 11) is -11.2. The lowest BCUT2D eigenvalue weighted by atomic mass is 10.1. The molecule has 0 bridgehead atoms. The quantitative estimate of drug-likeness (QED) is 0.585. The third-order valence-electron chi connectivity index (χ3n) is 3.33. The van der Waals surface area contributed by atoms with Gasteiger partial charge in [0.1, 0.15) is 4.90 Å². The molecule has 0 heterocycles. The van der Waals surface area contributed by atoms with E-state index in [2.05, 4.69) is 4.36 Å². The summed E-state index contributed by atoms with van der Waals surface area (Å²) in [5.74, 6) is 0. The number of nitrogens with zero attached hydrogens (tertiary/aromatic N) is 1. The van der Waals surface area contributed by atoms with Crippen molar-refractivity contribution < 1.29 is 34.4 Å². The predicted molar refractivity (Wildman–Crippen MR) is 101 cm³/mol. The molecule has 148 valence electrons. The molecule has 0 aliphatic heterocycles. The summed E-state index contributed by atoms with van der Waals surface area (Å²) in [5, 5.41) is 0.452. The van der Waals surface area contributed by atoms with E-state index in [1.54, 1.807) is 36.4 Å². The number of benzene rings is 3. The molecule has 12 heteroatoms. The van der Waals surface area contributed by atoms with Gasteiger partial charge in [-0.1, -0.05) is 36.4 Å². The molecule has 3 aromatic rings. The standard InChI is InChI=1S/C10H8O6S2.C6H5NO2S/c11-17(12,13)8-5-4-7-2-1-3-10(9(7)6-8)18(14,15)16;8-10(9)7-6-4-2-1-3-5-6/h1-6H,(H,11,12,13)(H,14,15,16);1-5H. The van der Waals surface area contributed by atoms with E-state index in [-0.39, 0.29) is 5.39 Å². The first-order chi connectivity index (χ1) is 13.0. The fourth-order valence-electron chi connectivity index (χ4n) is 2.18. The third kappa shape index (κ3) is 5.94. The van der Waals surface area contributed by atoms with Crippen LogP contribution in [0.3, 0.4) is 0 Å². The van der Waals surface area contributed by atoms with Gasteiger partial charge in [-0.25, -0.2) is 0 Å². The molecule has 0 saturated heterocycles. The van der Waals surface area contributed by atoms with Crippen molar-refractivity contribution >= 4 is 47.2 Å². The first-order valence-electron chi connectivity index (χ1n) is 7.32. The molecule has 0 fully saturated rings. The maximum Gasteiger partial charge on any atom is 0.316 e. The highest BCUT2D eigenvalue weighted by Gasteiger charge is 2.16. The Labute approximate surface area is 162 Å². The van der Waals surface area contributed by atoms with E-state index >= 15 is 0 Å². The number of rotatable bonds is 3. The van der Waals surface area contributed by atoms with Crippen molar-refractivity contribution in [3.63, 3.8) is 0 Å². The second-order valence-corrected chi connectivity index (χ2v) is 8.66. The van der Waals surface area contributed by atoms with Crippen molar-refractivity contribution in [1.29, 1.82) is 0 Å². The Bertz CT molecular complexity index is 1340. The molecular formula is C16H13NO8S3. The molecule has 2 N–H and O–H groups in total. The lowest BCUT2D eigenvalue weighted by molar-refractivity contribution is 0.480. The van der Waals surface area contributed by atoms with Crippen molar-refractivity contribution in [2.45, 2.75) is 9.79 Å². The Hall–Kier alpha value is -2.64. The summed E-state index contributed by atoms with van der Waals surface area (Å²) in [5.41, 5.74) is 0.454. The van der Waals surface area contributed by atoms with Gasteiger partial charge in [0.05, 0.1) is 10.6 Å². The van der Waals surface area contributed by atoms with Crippen LogP contribution in [0.2, 0.25) is 0 Å². The van der Waals surface area contributed by atoms with Crippen LogP contribution >= 0.6 is 0 Å². The van der Waals surface area contributed by atoms with Gasteiger partial charge in [-0.15, -0.1) is 4.36 Å². The zero-order chi connectivity index (χ0) is 20.9. The zero-order valence-electron chi connectivity index (χ0n) is 13.9. The molecule has 0 aliphatic carbocycles. The Kier molecular flexibility index (Phi) is 6.64. The van der Waals surface area contributed by atoms with Crippen molar-refractivity contribution in [2.75, 3.05) is 0 Å². The van der Waals surface area contributed by atoms with Crippen LogP contribution in [-0.4, -0.2) is 34.4 Å². The molecule has 0 atom stereocenters. The van der Waals surface area contributed by atoms with Crippen LogP contribution in [0.1, 0.15) is 0 Å². The molecule has 9 nitrogen and oxygen atoms in total. The monoisotopic (exact) mass is 443 g/mol. The SMILES string of the molecule is O=S(=O)(O)c1ccc2cccc(S(=O)(=O)O)c2c1.O=S(=O)=Nc1ccccc1. The summed E-state index contributed by atoms with van der Waals surface area (Å²) in [6.45, 7) is 0.